The molecule has 0 aliphatic heterocycles. The lowest BCUT2D eigenvalue weighted by molar-refractivity contribution is 0.394. The van der Waals surface area contributed by atoms with Crippen molar-refractivity contribution in [1.29, 1.82) is 0 Å². The van der Waals surface area contributed by atoms with Crippen LogP contribution in [-0.4, -0.2) is 6.04 Å². The molecule has 2 rings (SSSR count). The van der Waals surface area contributed by atoms with Gasteiger partial charge in [-0.15, -0.1) is 0 Å². The second-order valence-electron chi connectivity index (χ2n) is 5.19. The monoisotopic (exact) mass is 181 g/mol. The van der Waals surface area contributed by atoms with Crippen LogP contribution in [0.4, 0.5) is 0 Å². The fraction of sp³-hybridized carbons (Fsp3) is 1.00. The van der Waals surface area contributed by atoms with E-state index in [2.05, 4.69) is 6.92 Å². The molecule has 0 bridgehead atoms. The van der Waals surface area contributed by atoms with Gasteiger partial charge >= 0.3 is 0 Å². The van der Waals surface area contributed by atoms with Crippen LogP contribution < -0.4 is 5.73 Å². The number of rotatable bonds is 2. The van der Waals surface area contributed by atoms with Gasteiger partial charge < -0.3 is 5.73 Å². The molecule has 3 unspecified atom stereocenters. The van der Waals surface area contributed by atoms with E-state index in [0.29, 0.717) is 6.04 Å². The fourth-order valence-electron chi connectivity index (χ4n) is 2.94. The minimum absolute atomic E-state index is 0.545. The van der Waals surface area contributed by atoms with E-state index >= 15 is 0 Å². The minimum atomic E-state index is 0.545. The zero-order valence-corrected chi connectivity index (χ0v) is 8.84. The van der Waals surface area contributed by atoms with Crippen LogP contribution in [0.3, 0.4) is 0 Å². The Morgan fingerprint density at radius 1 is 1.08 bits per heavy atom. The average molecular weight is 181 g/mol. The zero-order valence-electron chi connectivity index (χ0n) is 8.84. The predicted molar refractivity (Wildman–Crippen MR) is 56.4 cm³/mol. The third kappa shape index (κ3) is 2.25. The lowest BCUT2D eigenvalue weighted by Gasteiger charge is -2.12. The Balaban J connectivity index is 1.74. The highest BCUT2D eigenvalue weighted by Gasteiger charge is 2.44. The number of hydrogen-bond donors (Lipinski definition) is 1. The van der Waals surface area contributed by atoms with E-state index in [4.69, 9.17) is 5.73 Å². The Kier molecular flexibility index (Phi) is 2.92. The predicted octanol–water partition coefficient (Wildman–Crippen LogP) is 2.94. The molecule has 0 aromatic heterocycles. The van der Waals surface area contributed by atoms with E-state index in [-0.39, 0.29) is 0 Å². The molecular weight excluding hydrogens is 158 g/mol. The number of hydrogen-bond acceptors (Lipinski definition) is 1. The van der Waals surface area contributed by atoms with Gasteiger partial charge in [-0.1, -0.05) is 45.4 Å². The van der Waals surface area contributed by atoms with Gasteiger partial charge in [0.05, 0.1) is 0 Å². The topological polar surface area (TPSA) is 26.0 Å². The summed E-state index contributed by atoms with van der Waals surface area (Å²) in [6, 6.07) is 0.545. The average Bonchev–Trinajstić information content (AvgIpc) is 2.78. The molecule has 2 aliphatic carbocycles. The minimum Gasteiger partial charge on any atom is -0.327 e. The van der Waals surface area contributed by atoms with Crippen molar-refractivity contribution < 1.29 is 0 Å². The van der Waals surface area contributed by atoms with Crippen LogP contribution in [0.25, 0.3) is 0 Å². The van der Waals surface area contributed by atoms with Crippen LogP contribution in [0.15, 0.2) is 0 Å². The molecular formula is C12H23N. The van der Waals surface area contributed by atoms with Crippen molar-refractivity contribution in [2.45, 2.75) is 57.9 Å². The van der Waals surface area contributed by atoms with Gasteiger partial charge in [0.1, 0.15) is 0 Å². The van der Waals surface area contributed by atoms with Gasteiger partial charge in [0.2, 0.25) is 0 Å². The first kappa shape index (κ1) is 9.51. The van der Waals surface area contributed by atoms with Gasteiger partial charge in [-0.05, 0) is 24.2 Å². The van der Waals surface area contributed by atoms with Gasteiger partial charge in [0.25, 0.3) is 0 Å². The van der Waals surface area contributed by atoms with Crippen molar-refractivity contribution in [3.05, 3.63) is 0 Å². The highest BCUT2D eigenvalue weighted by atomic mass is 14.8. The van der Waals surface area contributed by atoms with Crippen LogP contribution >= 0.6 is 0 Å². The summed E-state index contributed by atoms with van der Waals surface area (Å²) in [5.74, 6) is 2.72. The normalized spacial score (nSPS) is 41.5. The Morgan fingerprint density at radius 3 is 2.08 bits per heavy atom. The van der Waals surface area contributed by atoms with Crippen LogP contribution in [0.5, 0.6) is 0 Å². The quantitative estimate of drug-likeness (QED) is 0.651. The Morgan fingerprint density at radius 2 is 1.62 bits per heavy atom. The van der Waals surface area contributed by atoms with Crippen LogP contribution in [0, 0.1) is 17.8 Å². The molecule has 2 saturated carbocycles. The lowest BCUT2D eigenvalue weighted by Crippen LogP contribution is -2.06. The molecule has 0 aromatic rings. The molecule has 3 atom stereocenters. The fourth-order valence-corrected chi connectivity index (χ4v) is 2.94. The molecule has 76 valence electrons. The van der Waals surface area contributed by atoms with Crippen LogP contribution in [0.2, 0.25) is 0 Å². The van der Waals surface area contributed by atoms with Crippen molar-refractivity contribution >= 4 is 0 Å². The maximum absolute atomic E-state index is 5.97. The standard InChI is InChI=1S/C12H23N/c1-9-11(12(9)13)8-10-6-4-2-3-5-7-10/h9-12H,2-8,13H2,1H3. The molecule has 2 aliphatic rings. The molecule has 0 aromatic carbocycles. The molecule has 0 heterocycles. The highest BCUT2D eigenvalue weighted by Crippen LogP contribution is 2.43. The molecule has 13 heavy (non-hydrogen) atoms. The van der Waals surface area contributed by atoms with E-state index in [1.807, 2.05) is 0 Å². The van der Waals surface area contributed by atoms with Gasteiger partial charge in [0, 0.05) is 6.04 Å². The summed E-state index contributed by atoms with van der Waals surface area (Å²) in [5.41, 5.74) is 5.97. The first-order valence-corrected chi connectivity index (χ1v) is 6.04. The van der Waals surface area contributed by atoms with E-state index < -0.39 is 0 Å². The molecule has 2 N–H and O–H groups in total. The summed E-state index contributed by atoms with van der Waals surface area (Å²) in [6.45, 7) is 2.31. The van der Waals surface area contributed by atoms with Crippen LogP contribution in [0.1, 0.15) is 51.9 Å². The second kappa shape index (κ2) is 4.00. The van der Waals surface area contributed by atoms with E-state index in [9.17, 15) is 0 Å². The van der Waals surface area contributed by atoms with E-state index in [1.165, 1.54) is 44.9 Å². The maximum Gasteiger partial charge on any atom is 0.00994 e. The van der Waals surface area contributed by atoms with E-state index in [1.54, 1.807) is 0 Å². The summed E-state index contributed by atoms with van der Waals surface area (Å²) >= 11 is 0. The van der Waals surface area contributed by atoms with Crippen molar-refractivity contribution in [3.63, 3.8) is 0 Å². The summed E-state index contributed by atoms with van der Waals surface area (Å²) in [4.78, 5) is 0. The maximum atomic E-state index is 5.97. The molecule has 2 fully saturated rings. The van der Waals surface area contributed by atoms with Gasteiger partial charge in [0.15, 0.2) is 0 Å². The summed E-state index contributed by atoms with van der Waals surface area (Å²) in [5, 5.41) is 0. The highest BCUT2D eigenvalue weighted by molar-refractivity contribution is 4.98. The Bertz CT molecular complexity index is 151. The third-order valence-electron chi connectivity index (χ3n) is 4.22. The molecule has 0 saturated heterocycles. The zero-order chi connectivity index (χ0) is 9.26. The number of nitrogens with two attached hydrogens (primary N) is 1. The summed E-state index contributed by atoms with van der Waals surface area (Å²) in [6.07, 6.45) is 10.3. The van der Waals surface area contributed by atoms with Crippen LogP contribution in [-0.2, 0) is 0 Å². The molecule has 1 heteroatoms. The smallest absolute Gasteiger partial charge is 0.00994 e. The first-order chi connectivity index (χ1) is 6.29. The van der Waals surface area contributed by atoms with E-state index in [0.717, 1.165) is 17.8 Å². The van der Waals surface area contributed by atoms with Crippen molar-refractivity contribution in [2.75, 3.05) is 0 Å². The molecule has 0 radical (unpaired) electrons. The second-order valence-corrected chi connectivity index (χ2v) is 5.19. The Hall–Kier alpha value is -0.0400. The molecule has 0 amide bonds. The SMILES string of the molecule is CC1C(N)C1CC1CCCCCC1. The Labute approximate surface area is 82.1 Å². The van der Waals surface area contributed by atoms with Gasteiger partial charge in [-0.25, -0.2) is 0 Å². The largest absolute Gasteiger partial charge is 0.327 e. The van der Waals surface area contributed by atoms with Crippen molar-refractivity contribution in [2.24, 2.45) is 23.5 Å². The summed E-state index contributed by atoms with van der Waals surface area (Å²) in [7, 11) is 0. The van der Waals surface area contributed by atoms with Gasteiger partial charge in [-0.3, -0.25) is 0 Å². The first-order valence-electron chi connectivity index (χ1n) is 6.04. The van der Waals surface area contributed by atoms with Gasteiger partial charge in [-0.2, -0.15) is 0 Å². The van der Waals surface area contributed by atoms with Crippen molar-refractivity contribution in [3.8, 4) is 0 Å². The third-order valence-corrected chi connectivity index (χ3v) is 4.22. The molecule has 0 spiro atoms. The summed E-state index contributed by atoms with van der Waals surface area (Å²) < 4.78 is 0. The lowest BCUT2D eigenvalue weighted by atomic mass is 9.93. The molecule has 1 nitrogen and oxygen atoms in total. The van der Waals surface area contributed by atoms with Crippen molar-refractivity contribution in [1.82, 2.24) is 0 Å².